The Kier molecular flexibility index (Phi) is 4.47. The van der Waals surface area contributed by atoms with Crippen LogP contribution in [-0.4, -0.2) is 6.61 Å². The third-order valence-electron chi connectivity index (χ3n) is 2.11. The predicted molar refractivity (Wildman–Crippen MR) is 76.7 cm³/mol. The van der Waals surface area contributed by atoms with Crippen LogP contribution in [0.25, 0.3) is 0 Å². The molecule has 0 N–H and O–H groups in total. The fraction of sp³-hybridized carbons (Fsp3) is 0.500. The van der Waals surface area contributed by atoms with Crippen LogP contribution in [0, 0.1) is 3.57 Å². The summed E-state index contributed by atoms with van der Waals surface area (Å²) in [6, 6.07) is 4.27. The monoisotopic (exact) mass is 382 g/mol. The summed E-state index contributed by atoms with van der Waals surface area (Å²) < 4.78 is 7.97. The molecule has 84 valence electrons. The first-order valence-electron chi connectivity index (χ1n) is 4.98. The Bertz CT molecular complexity index is 355. The standard InChI is InChI=1S/C12H16BrIO/c1-5-15-11-9(12(2,3)4)6-8(14)7-10(11)13/h6-7H,5H2,1-4H3. The Morgan fingerprint density at radius 2 is 1.93 bits per heavy atom. The van der Waals surface area contributed by atoms with Crippen LogP contribution in [0.5, 0.6) is 5.75 Å². The molecule has 0 amide bonds. The van der Waals surface area contributed by atoms with E-state index >= 15 is 0 Å². The largest absolute Gasteiger partial charge is 0.492 e. The van der Waals surface area contributed by atoms with E-state index in [1.807, 2.05) is 6.92 Å². The Hall–Kier alpha value is 0.230. The maximum atomic E-state index is 5.70. The van der Waals surface area contributed by atoms with Crippen molar-refractivity contribution in [3.8, 4) is 5.75 Å². The molecule has 0 heterocycles. The summed E-state index contributed by atoms with van der Waals surface area (Å²) in [5.74, 6) is 0.977. The van der Waals surface area contributed by atoms with Crippen LogP contribution in [0.4, 0.5) is 0 Å². The maximum absolute atomic E-state index is 5.70. The van der Waals surface area contributed by atoms with Crippen molar-refractivity contribution in [1.29, 1.82) is 0 Å². The Morgan fingerprint density at radius 1 is 1.33 bits per heavy atom. The van der Waals surface area contributed by atoms with E-state index in [0.29, 0.717) is 6.61 Å². The highest BCUT2D eigenvalue weighted by molar-refractivity contribution is 14.1. The van der Waals surface area contributed by atoms with Crippen molar-refractivity contribution < 1.29 is 4.74 Å². The molecule has 0 fully saturated rings. The van der Waals surface area contributed by atoms with Gasteiger partial charge in [-0.3, -0.25) is 0 Å². The SMILES string of the molecule is CCOc1c(Br)cc(I)cc1C(C)(C)C. The summed E-state index contributed by atoms with van der Waals surface area (Å²) in [4.78, 5) is 0. The molecule has 1 rings (SSSR count). The zero-order valence-corrected chi connectivity index (χ0v) is 13.3. The molecular formula is C12H16BrIO. The lowest BCUT2D eigenvalue weighted by Crippen LogP contribution is -2.14. The molecule has 0 saturated heterocycles. The van der Waals surface area contributed by atoms with Gasteiger partial charge in [0.15, 0.2) is 0 Å². The molecule has 0 aliphatic rings. The lowest BCUT2D eigenvalue weighted by molar-refractivity contribution is 0.327. The van der Waals surface area contributed by atoms with E-state index in [4.69, 9.17) is 4.74 Å². The molecule has 0 aliphatic carbocycles. The van der Waals surface area contributed by atoms with Crippen molar-refractivity contribution in [3.05, 3.63) is 25.7 Å². The van der Waals surface area contributed by atoms with Crippen molar-refractivity contribution in [2.45, 2.75) is 33.1 Å². The lowest BCUT2D eigenvalue weighted by Gasteiger charge is -2.24. The Morgan fingerprint density at radius 3 is 2.40 bits per heavy atom. The predicted octanol–water partition coefficient (Wildman–Crippen LogP) is 4.75. The molecule has 0 bridgehead atoms. The second-order valence-corrected chi connectivity index (χ2v) is 6.55. The second kappa shape index (κ2) is 5.04. The number of hydrogen-bond donors (Lipinski definition) is 0. The van der Waals surface area contributed by atoms with Gasteiger partial charge in [-0.25, -0.2) is 0 Å². The highest BCUT2D eigenvalue weighted by atomic mass is 127. The lowest BCUT2D eigenvalue weighted by atomic mass is 9.86. The second-order valence-electron chi connectivity index (χ2n) is 4.45. The quantitative estimate of drug-likeness (QED) is 0.670. The van der Waals surface area contributed by atoms with Gasteiger partial charge in [0.05, 0.1) is 11.1 Å². The summed E-state index contributed by atoms with van der Waals surface area (Å²) >= 11 is 5.89. The van der Waals surface area contributed by atoms with E-state index in [0.717, 1.165) is 10.2 Å². The molecule has 1 aromatic rings. The first kappa shape index (κ1) is 13.3. The third-order valence-corrected chi connectivity index (χ3v) is 3.32. The average Bonchev–Trinajstić information content (AvgIpc) is 2.07. The molecular weight excluding hydrogens is 367 g/mol. The first-order valence-corrected chi connectivity index (χ1v) is 6.85. The average molecular weight is 383 g/mol. The van der Waals surface area contributed by atoms with Crippen LogP contribution in [0.1, 0.15) is 33.3 Å². The van der Waals surface area contributed by atoms with E-state index in [2.05, 4.69) is 71.4 Å². The van der Waals surface area contributed by atoms with Crippen LogP contribution in [0.2, 0.25) is 0 Å². The molecule has 1 nitrogen and oxygen atoms in total. The summed E-state index contributed by atoms with van der Waals surface area (Å²) in [6.45, 7) is 9.31. The fourth-order valence-electron chi connectivity index (χ4n) is 1.41. The molecule has 0 spiro atoms. The Labute approximate surface area is 114 Å². The zero-order valence-electron chi connectivity index (χ0n) is 9.53. The zero-order chi connectivity index (χ0) is 11.6. The number of rotatable bonds is 2. The van der Waals surface area contributed by atoms with Crippen molar-refractivity contribution in [1.82, 2.24) is 0 Å². The summed E-state index contributed by atoms with van der Waals surface area (Å²) in [5, 5.41) is 0. The minimum atomic E-state index is 0.105. The van der Waals surface area contributed by atoms with Crippen LogP contribution >= 0.6 is 38.5 Å². The normalized spacial score (nSPS) is 11.6. The van der Waals surface area contributed by atoms with E-state index < -0.39 is 0 Å². The van der Waals surface area contributed by atoms with Gasteiger partial charge in [0.1, 0.15) is 5.75 Å². The third kappa shape index (κ3) is 3.34. The van der Waals surface area contributed by atoms with Gasteiger partial charge in [0, 0.05) is 9.13 Å². The molecule has 3 heteroatoms. The summed E-state index contributed by atoms with van der Waals surface area (Å²) in [7, 11) is 0. The summed E-state index contributed by atoms with van der Waals surface area (Å²) in [6.07, 6.45) is 0. The molecule has 1 aromatic carbocycles. The highest BCUT2D eigenvalue weighted by Gasteiger charge is 2.21. The van der Waals surface area contributed by atoms with Crippen LogP contribution in [0.15, 0.2) is 16.6 Å². The van der Waals surface area contributed by atoms with Crippen molar-refractivity contribution in [2.24, 2.45) is 0 Å². The smallest absolute Gasteiger partial charge is 0.137 e. The van der Waals surface area contributed by atoms with Gasteiger partial charge in [-0.15, -0.1) is 0 Å². The van der Waals surface area contributed by atoms with Gasteiger partial charge < -0.3 is 4.74 Å². The van der Waals surface area contributed by atoms with Crippen molar-refractivity contribution in [2.75, 3.05) is 6.61 Å². The topological polar surface area (TPSA) is 9.23 Å². The van der Waals surface area contributed by atoms with E-state index in [9.17, 15) is 0 Å². The van der Waals surface area contributed by atoms with Gasteiger partial charge in [0.2, 0.25) is 0 Å². The fourth-order valence-corrected chi connectivity index (χ4v) is 3.03. The van der Waals surface area contributed by atoms with Crippen molar-refractivity contribution >= 4 is 38.5 Å². The number of benzene rings is 1. The van der Waals surface area contributed by atoms with Gasteiger partial charge >= 0.3 is 0 Å². The molecule has 0 saturated carbocycles. The molecule has 0 aliphatic heterocycles. The van der Waals surface area contributed by atoms with Crippen molar-refractivity contribution in [3.63, 3.8) is 0 Å². The minimum Gasteiger partial charge on any atom is -0.492 e. The number of halogens is 2. The van der Waals surface area contributed by atoms with E-state index in [1.54, 1.807) is 0 Å². The molecule has 0 atom stereocenters. The number of ether oxygens (including phenoxy) is 1. The van der Waals surface area contributed by atoms with Gasteiger partial charge in [-0.05, 0) is 63.0 Å². The maximum Gasteiger partial charge on any atom is 0.137 e. The van der Waals surface area contributed by atoms with Gasteiger partial charge in [-0.1, -0.05) is 20.8 Å². The highest BCUT2D eigenvalue weighted by Crippen LogP contribution is 2.38. The molecule has 15 heavy (non-hydrogen) atoms. The molecule has 0 unspecified atom stereocenters. The Balaban J connectivity index is 3.33. The summed E-state index contributed by atoms with van der Waals surface area (Å²) in [5.41, 5.74) is 1.36. The molecule has 0 aromatic heterocycles. The molecule has 0 radical (unpaired) electrons. The minimum absolute atomic E-state index is 0.105. The van der Waals surface area contributed by atoms with Crippen LogP contribution in [0.3, 0.4) is 0 Å². The van der Waals surface area contributed by atoms with Crippen LogP contribution < -0.4 is 4.74 Å². The number of hydrogen-bond acceptors (Lipinski definition) is 1. The van der Waals surface area contributed by atoms with Crippen LogP contribution in [-0.2, 0) is 5.41 Å². The first-order chi connectivity index (χ1) is 6.86. The van der Waals surface area contributed by atoms with E-state index in [1.165, 1.54) is 9.13 Å². The van der Waals surface area contributed by atoms with Gasteiger partial charge in [0.25, 0.3) is 0 Å². The van der Waals surface area contributed by atoms with Gasteiger partial charge in [-0.2, -0.15) is 0 Å². The van der Waals surface area contributed by atoms with E-state index in [-0.39, 0.29) is 5.41 Å².